The van der Waals surface area contributed by atoms with Crippen LogP contribution in [-0.2, 0) is 4.74 Å². The fourth-order valence-electron chi connectivity index (χ4n) is 2.65. The number of aliphatic imine (C=N–C) groups is 1. The van der Waals surface area contributed by atoms with Gasteiger partial charge >= 0.3 is 0 Å². The van der Waals surface area contributed by atoms with Crippen LogP contribution in [0.2, 0.25) is 0 Å². The highest BCUT2D eigenvalue weighted by Gasteiger charge is 2.11. The van der Waals surface area contributed by atoms with Gasteiger partial charge in [-0.2, -0.15) is 0 Å². The second-order valence-electron chi connectivity index (χ2n) is 6.09. The zero-order chi connectivity index (χ0) is 16.8. The Labute approximate surface area is 142 Å². The van der Waals surface area contributed by atoms with E-state index in [-0.39, 0.29) is 0 Å². The van der Waals surface area contributed by atoms with Crippen LogP contribution in [0.3, 0.4) is 0 Å². The Bertz CT molecular complexity index is 311. The molecular weight excluding hydrogens is 290 g/mol. The molecule has 0 aromatic heterocycles. The van der Waals surface area contributed by atoms with Gasteiger partial charge in [-0.25, -0.2) is 0 Å². The van der Waals surface area contributed by atoms with Crippen LogP contribution in [0.15, 0.2) is 4.99 Å². The summed E-state index contributed by atoms with van der Waals surface area (Å²) in [5, 5.41) is 6.78. The van der Waals surface area contributed by atoms with Gasteiger partial charge in [0.05, 0.1) is 0 Å². The van der Waals surface area contributed by atoms with Crippen molar-refractivity contribution in [1.29, 1.82) is 0 Å². The summed E-state index contributed by atoms with van der Waals surface area (Å²) in [5.74, 6) is 0.941. The molecule has 0 unspecified atom stereocenters. The first-order chi connectivity index (χ1) is 11.3. The van der Waals surface area contributed by atoms with E-state index in [9.17, 15) is 0 Å². The summed E-state index contributed by atoms with van der Waals surface area (Å²) < 4.78 is 5.35. The Hall–Kier alpha value is -0.850. The highest BCUT2D eigenvalue weighted by atomic mass is 16.5. The van der Waals surface area contributed by atoms with Gasteiger partial charge in [-0.3, -0.25) is 4.99 Å². The molecule has 0 bridgehead atoms. The van der Waals surface area contributed by atoms with E-state index < -0.39 is 0 Å². The molecule has 0 aromatic rings. The minimum Gasteiger partial charge on any atom is -0.382 e. The normalized spacial score (nSPS) is 18.0. The first kappa shape index (κ1) is 20.2. The molecule has 1 aliphatic rings. The fraction of sp³-hybridized carbons (Fsp3) is 0.941. The van der Waals surface area contributed by atoms with E-state index in [4.69, 9.17) is 4.74 Å². The van der Waals surface area contributed by atoms with Gasteiger partial charge in [0, 0.05) is 52.5 Å². The number of unbranched alkanes of at least 4 members (excludes halogenated alkanes) is 1. The Balaban J connectivity index is 2.18. The molecule has 23 heavy (non-hydrogen) atoms. The van der Waals surface area contributed by atoms with Crippen molar-refractivity contribution in [2.24, 2.45) is 4.99 Å². The van der Waals surface area contributed by atoms with Crippen LogP contribution in [0.4, 0.5) is 0 Å². The summed E-state index contributed by atoms with van der Waals surface area (Å²) >= 11 is 0. The smallest absolute Gasteiger partial charge is 0.191 e. The lowest BCUT2D eigenvalue weighted by Crippen LogP contribution is -2.42. The minimum atomic E-state index is 0.805. The first-order valence-corrected chi connectivity index (χ1v) is 9.27. The molecule has 0 spiro atoms. The van der Waals surface area contributed by atoms with Crippen LogP contribution < -0.4 is 10.6 Å². The molecule has 0 atom stereocenters. The molecule has 1 rings (SSSR count). The van der Waals surface area contributed by atoms with Crippen LogP contribution in [0, 0.1) is 0 Å². The van der Waals surface area contributed by atoms with Gasteiger partial charge in [0.15, 0.2) is 5.96 Å². The van der Waals surface area contributed by atoms with Gasteiger partial charge in [0.2, 0.25) is 0 Å². The van der Waals surface area contributed by atoms with Gasteiger partial charge in [-0.15, -0.1) is 0 Å². The van der Waals surface area contributed by atoms with Gasteiger partial charge in [-0.05, 0) is 53.2 Å². The van der Waals surface area contributed by atoms with E-state index in [1.54, 1.807) is 0 Å². The highest BCUT2D eigenvalue weighted by molar-refractivity contribution is 5.79. The Kier molecular flexibility index (Phi) is 11.9. The summed E-state index contributed by atoms with van der Waals surface area (Å²) in [5.41, 5.74) is 0. The van der Waals surface area contributed by atoms with Crippen molar-refractivity contribution in [2.75, 3.05) is 72.6 Å². The molecule has 136 valence electrons. The molecule has 1 fully saturated rings. The largest absolute Gasteiger partial charge is 0.382 e. The maximum absolute atomic E-state index is 5.35. The van der Waals surface area contributed by atoms with Crippen molar-refractivity contribution in [1.82, 2.24) is 20.4 Å². The van der Waals surface area contributed by atoms with Crippen molar-refractivity contribution < 1.29 is 4.74 Å². The van der Waals surface area contributed by atoms with Crippen molar-refractivity contribution >= 4 is 5.96 Å². The molecule has 6 heteroatoms. The second-order valence-corrected chi connectivity index (χ2v) is 6.09. The van der Waals surface area contributed by atoms with Crippen molar-refractivity contribution in [3.63, 3.8) is 0 Å². The third-order valence-corrected chi connectivity index (χ3v) is 4.05. The maximum Gasteiger partial charge on any atom is 0.191 e. The number of likely N-dealkylation sites (N-methyl/N-ethyl adjacent to an activating group) is 1. The zero-order valence-electron chi connectivity index (χ0n) is 15.4. The SMILES string of the molecule is CCNC(=NCCCCOCC)NCCN1CCCN(C)CC1. The maximum atomic E-state index is 5.35. The Morgan fingerprint density at radius 1 is 1.09 bits per heavy atom. The van der Waals surface area contributed by atoms with E-state index in [0.717, 1.165) is 58.2 Å². The molecule has 0 aromatic carbocycles. The molecule has 1 saturated heterocycles. The number of ether oxygens (including phenoxy) is 1. The topological polar surface area (TPSA) is 52.1 Å². The average molecular weight is 328 g/mol. The molecule has 2 N–H and O–H groups in total. The Morgan fingerprint density at radius 3 is 2.74 bits per heavy atom. The van der Waals surface area contributed by atoms with E-state index in [1.165, 1.54) is 32.6 Å². The standard InChI is InChI=1S/C17H37N5O/c1-4-18-17(19-9-6-7-16-23-5-2)20-10-13-22-12-8-11-21(3)14-15-22/h4-16H2,1-3H3,(H2,18,19,20). The van der Waals surface area contributed by atoms with Crippen molar-refractivity contribution in [3.8, 4) is 0 Å². The van der Waals surface area contributed by atoms with E-state index in [0.29, 0.717) is 0 Å². The first-order valence-electron chi connectivity index (χ1n) is 9.27. The Morgan fingerprint density at radius 2 is 1.96 bits per heavy atom. The van der Waals surface area contributed by atoms with Gasteiger partial charge < -0.3 is 25.2 Å². The fourth-order valence-corrected chi connectivity index (χ4v) is 2.65. The van der Waals surface area contributed by atoms with Gasteiger partial charge in [0.25, 0.3) is 0 Å². The molecular formula is C17H37N5O. The highest BCUT2D eigenvalue weighted by Crippen LogP contribution is 1.99. The molecule has 1 aliphatic heterocycles. The summed E-state index contributed by atoms with van der Waals surface area (Å²) in [6.45, 7) is 14.4. The van der Waals surface area contributed by atoms with Crippen LogP contribution in [-0.4, -0.2) is 88.4 Å². The average Bonchev–Trinajstić information content (AvgIpc) is 2.75. The number of guanidine groups is 1. The number of hydrogen-bond acceptors (Lipinski definition) is 4. The molecule has 0 aliphatic carbocycles. The lowest BCUT2D eigenvalue weighted by atomic mass is 10.3. The predicted molar refractivity (Wildman–Crippen MR) is 98.3 cm³/mol. The number of hydrogen-bond donors (Lipinski definition) is 2. The molecule has 1 heterocycles. The lowest BCUT2D eigenvalue weighted by molar-refractivity contribution is 0.144. The third kappa shape index (κ3) is 10.5. The van der Waals surface area contributed by atoms with E-state index in [1.807, 2.05) is 6.92 Å². The van der Waals surface area contributed by atoms with E-state index in [2.05, 4.69) is 39.4 Å². The number of nitrogens with zero attached hydrogens (tertiary/aromatic N) is 3. The lowest BCUT2D eigenvalue weighted by Gasteiger charge is -2.21. The van der Waals surface area contributed by atoms with Crippen LogP contribution >= 0.6 is 0 Å². The minimum absolute atomic E-state index is 0.805. The summed E-state index contributed by atoms with van der Waals surface area (Å²) in [4.78, 5) is 9.60. The predicted octanol–water partition coefficient (Wildman–Crippen LogP) is 0.996. The van der Waals surface area contributed by atoms with Crippen molar-refractivity contribution in [2.45, 2.75) is 33.1 Å². The van der Waals surface area contributed by atoms with Crippen molar-refractivity contribution in [3.05, 3.63) is 0 Å². The van der Waals surface area contributed by atoms with Gasteiger partial charge in [-0.1, -0.05) is 0 Å². The molecule has 0 radical (unpaired) electrons. The van der Waals surface area contributed by atoms with Crippen LogP contribution in [0.5, 0.6) is 0 Å². The monoisotopic (exact) mass is 327 g/mol. The zero-order valence-corrected chi connectivity index (χ0v) is 15.4. The second kappa shape index (κ2) is 13.6. The van der Waals surface area contributed by atoms with Crippen LogP contribution in [0.1, 0.15) is 33.1 Å². The quantitative estimate of drug-likeness (QED) is 0.356. The molecule has 0 amide bonds. The summed E-state index contributed by atoms with van der Waals surface area (Å²) in [6, 6.07) is 0. The van der Waals surface area contributed by atoms with Crippen LogP contribution in [0.25, 0.3) is 0 Å². The molecule has 0 saturated carbocycles. The number of nitrogens with one attached hydrogen (secondary N) is 2. The van der Waals surface area contributed by atoms with E-state index >= 15 is 0 Å². The number of rotatable bonds is 10. The summed E-state index contributed by atoms with van der Waals surface area (Å²) in [6.07, 6.45) is 3.43. The molecule has 6 nitrogen and oxygen atoms in total. The third-order valence-electron chi connectivity index (χ3n) is 4.05. The van der Waals surface area contributed by atoms with Gasteiger partial charge in [0.1, 0.15) is 0 Å². The summed E-state index contributed by atoms with van der Waals surface area (Å²) in [7, 11) is 2.21.